The summed E-state index contributed by atoms with van der Waals surface area (Å²) in [6, 6.07) is 14.7. The van der Waals surface area contributed by atoms with Gasteiger partial charge in [0.15, 0.2) is 5.82 Å². The molecule has 0 fully saturated rings. The Kier molecular flexibility index (Phi) is 5.86. The smallest absolute Gasteiger partial charge is 0.262 e. The summed E-state index contributed by atoms with van der Waals surface area (Å²) in [5, 5.41) is 8.63. The first-order chi connectivity index (χ1) is 15.2. The van der Waals surface area contributed by atoms with E-state index in [1.54, 1.807) is 61.8 Å². The van der Waals surface area contributed by atoms with E-state index in [0.717, 1.165) is 11.4 Å². The Morgan fingerprint density at radius 2 is 1.72 bits per heavy atom. The molecule has 0 radical (unpaired) electrons. The Morgan fingerprint density at radius 3 is 2.34 bits per heavy atom. The number of halogens is 1. The van der Waals surface area contributed by atoms with Gasteiger partial charge in [-0.2, -0.15) is 0 Å². The van der Waals surface area contributed by atoms with Crippen molar-refractivity contribution in [3.63, 3.8) is 0 Å². The highest BCUT2D eigenvalue weighted by molar-refractivity contribution is 7.92. The summed E-state index contributed by atoms with van der Waals surface area (Å²) in [6.45, 7) is 5.60. The van der Waals surface area contributed by atoms with Crippen LogP contribution in [0.3, 0.4) is 0 Å². The van der Waals surface area contributed by atoms with Crippen LogP contribution in [0.4, 0.5) is 5.69 Å². The summed E-state index contributed by atoms with van der Waals surface area (Å²) in [5.41, 5.74) is 2.90. The average molecular weight is 470 g/mol. The maximum absolute atomic E-state index is 12.7. The van der Waals surface area contributed by atoms with E-state index in [2.05, 4.69) is 19.9 Å². The number of hydrogen-bond donors (Lipinski definition) is 1. The summed E-state index contributed by atoms with van der Waals surface area (Å²) in [6.07, 6.45) is 1.69. The van der Waals surface area contributed by atoms with Crippen molar-refractivity contribution in [1.82, 2.24) is 19.7 Å². The monoisotopic (exact) mass is 469 g/mol. The first-order valence-corrected chi connectivity index (χ1v) is 11.5. The van der Waals surface area contributed by atoms with Gasteiger partial charge < -0.3 is 4.74 Å². The fourth-order valence-electron chi connectivity index (χ4n) is 3.01. The molecule has 0 aliphatic carbocycles. The molecule has 8 nitrogen and oxygen atoms in total. The molecule has 164 valence electrons. The molecule has 4 aromatic rings. The van der Waals surface area contributed by atoms with Crippen molar-refractivity contribution in [3.8, 4) is 17.4 Å². The lowest BCUT2D eigenvalue weighted by Crippen LogP contribution is -2.14. The molecule has 2 aromatic heterocycles. The van der Waals surface area contributed by atoms with Crippen LogP contribution in [0.15, 0.2) is 65.8 Å². The minimum Gasteiger partial charge on any atom is -0.438 e. The predicted molar refractivity (Wildman–Crippen MR) is 122 cm³/mol. The SMILES string of the molecule is Cc1ccc(Cl)cc1S(=O)(=O)Nc1ccc(Oc2ccc(-n3cnc(C)c3C)nn2)cc1. The van der Waals surface area contributed by atoms with E-state index in [4.69, 9.17) is 16.3 Å². The maximum Gasteiger partial charge on any atom is 0.262 e. The van der Waals surface area contributed by atoms with Crippen molar-refractivity contribution < 1.29 is 13.2 Å². The molecular weight excluding hydrogens is 450 g/mol. The highest BCUT2D eigenvalue weighted by Gasteiger charge is 2.17. The van der Waals surface area contributed by atoms with Gasteiger partial charge in [0, 0.05) is 22.5 Å². The molecule has 0 aliphatic rings. The number of nitrogens with one attached hydrogen (secondary N) is 1. The second-order valence-electron chi connectivity index (χ2n) is 7.16. The van der Waals surface area contributed by atoms with Crippen LogP contribution in [-0.2, 0) is 10.0 Å². The van der Waals surface area contributed by atoms with Crippen molar-refractivity contribution in [2.45, 2.75) is 25.7 Å². The molecule has 2 heterocycles. The van der Waals surface area contributed by atoms with E-state index >= 15 is 0 Å². The fourth-order valence-corrected chi connectivity index (χ4v) is 4.58. The standard InChI is InChI=1S/C22H20ClN5O3S/c1-14-4-5-17(23)12-20(14)32(29,30)27-18-6-8-19(9-7-18)31-22-11-10-21(25-26-22)28-13-24-15(2)16(28)3/h4-13,27H,1-3H3. The quantitative estimate of drug-likeness (QED) is 0.434. The number of benzene rings is 2. The van der Waals surface area contributed by atoms with E-state index in [0.29, 0.717) is 33.7 Å². The minimum atomic E-state index is -3.78. The number of hydrogen-bond acceptors (Lipinski definition) is 6. The molecule has 0 atom stereocenters. The van der Waals surface area contributed by atoms with Crippen LogP contribution in [-0.4, -0.2) is 28.2 Å². The van der Waals surface area contributed by atoms with Crippen LogP contribution in [0.5, 0.6) is 11.6 Å². The van der Waals surface area contributed by atoms with E-state index in [9.17, 15) is 8.42 Å². The lowest BCUT2D eigenvalue weighted by molar-refractivity contribution is 0.454. The first kappa shape index (κ1) is 21.8. The maximum atomic E-state index is 12.7. The summed E-state index contributed by atoms with van der Waals surface area (Å²) in [5.74, 6) is 1.44. The molecule has 0 saturated heterocycles. The number of aromatic nitrogens is 4. The Morgan fingerprint density at radius 1 is 0.969 bits per heavy atom. The van der Waals surface area contributed by atoms with Crippen LogP contribution in [0.25, 0.3) is 5.82 Å². The van der Waals surface area contributed by atoms with Gasteiger partial charge in [0.25, 0.3) is 10.0 Å². The van der Waals surface area contributed by atoms with Crippen molar-refractivity contribution >= 4 is 27.3 Å². The van der Waals surface area contributed by atoms with Gasteiger partial charge in [-0.3, -0.25) is 9.29 Å². The number of anilines is 1. The van der Waals surface area contributed by atoms with Crippen molar-refractivity contribution in [2.24, 2.45) is 0 Å². The molecule has 1 N–H and O–H groups in total. The average Bonchev–Trinajstić information content (AvgIpc) is 3.10. The zero-order valence-electron chi connectivity index (χ0n) is 17.6. The molecule has 0 spiro atoms. The third kappa shape index (κ3) is 4.58. The van der Waals surface area contributed by atoms with E-state index in [1.165, 1.54) is 6.07 Å². The van der Waals surface area contributed by atoms with Crippen molar-refractivity contribution in [1.29, 1.82) is 0 Å². The second-order valence-corrected chi connectivity index (χ2v) is 9.24. The van der Waals surface area contributed by atoms with Gasteiger partial charge in [0.2, 0.25) is 5.88 Å². The molecular formula is C22H20ClN5O3S. The Hall–Kier alpha value is -3.43. The van der Waals surface area contributed by atoms with Crippen LogP contribution >= 0.6 is 11.6 Å². The molecule has 10 heteroatoms. The van der Waals surface area contributed by atoms with Gasteiger partial charge >= 0.3 is 0 Å². The van der Waals surface area contributed by atoms with Crippen LogP contribution < -0.4 is 9.46 Å². The van der Waals surface area contributed by atoms with Crippen LogP contribution in [0.1, 0.15) is 17.0 Å². The zero-order valence-corrected chi connectivity index (χ0v) is 19.1. The molecule has 2 aromatic carbocycles. The van der Waals surface area contributed by atoms with Gasteiger partial charge in [-0.25, -0.2) is 13.4 Å². The lowest BCUT2D eigenvalue weighted by atomic mass is 10.2. The van der Waals surface area contributed by atoms with Gasteiger partial charge in [-0.15, -0.1) is 10.2 Å². The van der Waals surface area contributed by atoms with Gasteiger partial charge in [-0.1, -0.05) is 17.7 Å². The largest absolute Gasteiger partial charge is 0.438 e. The highest BCUT2D eigenvalue weighted by atomic mass is 35.5. The number of nitrogens with zero attached hydrogens (tertiary/aromatic N) is 4. The van der Waals surface area contributed by atoms with E-state index < -0.39 is 10.0 Å². The molecule has 0 amide bonds. The lowest BCUT2D eigenvalue weighted by Gasteiger charge is -2.11. The Bertz CT molecular complexity index is 1370. The first-order valence-electron chi connectivity index (χ1n) is 9.64. The van der Waals surface area contributed by atoms with E-state index in [1.807, 2.05) is 18.4 Å². The normalized spacial score (nSPS) is 11.4. The summed E-state index contributed by atoms with van der Waals surface area (Å²) in [7, 11) is -3.78. The molecule has 4 rings (SSSR count). The van der Waals surface area contributed by atoms with Crippen LogP contribution in [0, 0.1) is 20.8 Å². The van der Waals surface area contributed by atoms with Gasteiger partial charge in [-0.05, 0) is 68.8 Å². The molecule has 32 heavy (non-hydrogen) atoms. The number of rotatable bonds is 6. The summed E-state index contributed by atoms with van der Waals surface area (Å²) >= 11 is 5.95. The van der Waals surface area contributed by atoms with Gasteiger partial charge in [0.05, 0.1) is 10.6 Å². The molecule has 0 unspecified atom stereocenters. The molecule has 0 aliphatic heterocycles. The topological polar surface area (TPSA) is 99.0 Å². The number of sulfonamides is 1. The predicted octanol–water partition coefficient (Wildman–Crippen LogP) is 4.83. The number of ether oxygens (including phenoxy) is 1. The zero-order chi connectivity index (χ0) is 22.9. The third-order valence-electron chi connectivity index (χ3n) is 4.89. The van der Waals surface area contributed by atoms with Crippen molar-refractivity contribution in [2.75, 3.05) is 4.72 Å². The third-order valence-corrected chi connectivity index (χ3v) is 6.65. The van der Waals surface area contributed by atoms with E-state index in [-0.39, 0.29) is 4.90 Å². The number of imidazole rings is 1. The molecule has 0 saturated carbocycles. The Balaban J connectivity index is 1.46. The summed E-state index contributed by atoms with van der Waals surface area (Å²) in [4.78, 5) is 4.38. The van der Waals surface area contributed by atoms with Crippen molar-refractivity contribution in [3.05, 3.63) is 82.9 Å². The second kappa shape index (κ2) is 8.60. The van der Waals surface area contributed by atoms with Gasteiger partial charge in [0.1, 0.15) is 12.1 Å². The van der Waals surface area contributed by atoms with Crippen LogP contribution in [0.2, 0.25) is 5.02 Å². The number of aryl methyl sites for hydroxylation is 2. The molecule has 0 bridgehead atoms. The summed E-state index contributed by atoms with van der Waals surface area (Å²) < 4.78 is 35.5. The highest BCUT2D eigenvalue weighted by Crippen LogP contribution is 2.25. The minimum absolute atomic E-state index is 0.129. The fraction of sp³-hybridized carbons (Fsp3) is 0.136. The Labute approximate surface area is 190 Å².